The van der Waals surface area contributed by atoms with Crippen LogP contribution in [0.25, 0.3) is 0 Å². The third-order valence-electron chi connectivity index (χ3n) is 2.78. The topological polar surface area (TPSA) is 30.5 Å². The highest BCUT2D eigenvalue weighted by atomic mass is 16.5. The van der Waals surface area contributed by atoms with Crippen LogP contribution < -0.4 is 5.32 Å². The second kappa shape index (κ2) is 7.63. The van der Waals surface area contributed by atoms with Gasteiger partial charge in [0.2, 0.25) is 0 Å². The van der Waals surface area contributed by atoms with Crippen molar-refractivity contribution in [1.82, 2.24) is 5.32 Å². The molecule has 1 rings (SSSR count). The molecule has 0 aliphatic heterocycles. The van der Waals surface area contributed by atoms with Crippen molar-refractivity contribution in [1.29, 1.82) is 0 Å². The summed E-state index contributed by atoms with van der Waals surface area (Å²) in [5, 5.41) is 3.17. The molecule has 1 aromatic carbocycles. The average Bonchev–Trinajstić information content (AvgIpc) is 2.33. The summed E-state index contributed by atoms with van der Waals surface area (Å²) in [5.74, 6) is 0. The number of ether oxygens (including phenoxy) is 2. The van der Waals surface area contributed by atoms with E-state index in [4.69, 9.17) is 9.47 Å². The van der Waals surface area contributed by atoms with E-state index >= 15 is 0 Å². The highest BCUT2D eigenvalue weighted by Crippen LogP contribution is 2.17. The third kappa shape index (κ3) is 6.71. The van der Waals surface area contributed by atoms with Gasteiger partial charge in [0.25, 0.3) is 0 Å². The molecule has 0 heterocycles. The van der Waals surface area contributed by atoms with Crippen LogP contribution >= 0.6 is 0 Å². The fourth-order valence-corrected chi connectivity index (χ4v) is 1.78. The van der Waals surface area contributed by atoms with Crippen LogP contribution in [0.4, 0.5) is 0 Å². The maximum Gasteiger partial charge on any atom is 0.0950 e. The quantitative estimate of drug-likeness (QED) is 0.769. The Kier molecular flexibility index (Phi) is 6.49. The van der Waals surface area contributed by atoms with E-state index in [9.17, 15) is 0 Å². The van der Waals surface area contributed by atoms with Crippen molar-refractivity contribution in [3.63, 3.8) is 0 Å². The van der Waals surface area contributed by atoms with Gasteiger partial charge in [0.05, 0.1) is 24.9 Å². The van der Waals surface area contributed by atoms with E-state index in [0.717, 1.165) is 6.54 Å². The average molecular weight is 265 g/mol. The summed E-state index contributed by atoms with van der Waals surface area (Å²) >= 11 is 0. The second-order valence-electron chi connectivity index (χ2n) is 5.79. The Balaban J connectivity index is 2.47. The van der Waals surface area contributed by atoms with E-state index in [1.165, 1.54) is 11.1 Å². The highest BCUT2D eigenvalue weighted by Gasteiger charge is 2.13. The van der Waals surface area contributed by atoms with Gasteiger partial charge in [-0.05, 0) is 40.3 Å². The predicted octanol–water partition coefficient (Wildman–Crippen LogP) is 3.09. The van der Waals surface area contributed by atoms with Crippen LogP contribution in [0.1, 0.15) is 38.0 Å². The van der Waals surface area contributed by atoms with Crippen LogP contribution in [-0.4, -0.2) is 32.4 Å². The van der Waals surface area contributed by atoms with Gasteiger partial charge in [-0.2, -0.15) is 0 Å². The fourth-order valence-electron chi connectivity index (χ4n) is 1.78. The smallest absolute Gasteiger partial charge is 0.0950 e. The Morgan fingerprint density at radius 3 is 2.26 bits per heavy atom. The van der Waals surface area contributed by atoms with E-state index in [1.54, 1.807) is 0 Å². The molecule has 0 aliphatic carbocycles. The summed E-state index contributed by atoms with van der Waals surface area (Å²) in [6, 6.07) is 8.49. The largest absolute Gasteiger partial charge is 0.373 e. The second-order valence-corrected chi connectivity index (χ2v) is 5.79. The van der Waals surface area contributed by atoms with Gasteiger partial charge >= 0.3 is 0 Å². The summed E-state index contributed by atoms with van der Waals surface area (Å²) in [7, 11) is 1.94. The Labute approximate surface area is 117 Å². The van der Waals surface area contributed by atoms with Gasteiger partial charge in [-0.3, -0.25) is 0 Å². The maximum atomic E-state index is 5.92. The minimum atomic E-state index is -0.105. The molecule has 1 aromatic rings. The summed E-state index contributed by atoms with van der Waals surface area (Å²) in [5.41, 5.74) is 2.37. The molecule has 0 aliphatic rings. The molecule has 0 saturated carbocycles. The van der Waals surface area contributed by atoms with Crippen LogP contribution in [0.15, 0.2) is 24.3 Å². The van der Waals surface area contributed by atoms with Crippen molar-refractivity contribution in [3.05, 3.63) is 35.4 Å². The number of likely N-dealkylation sites (N-methyl/N-ethyl adjacent to an activating group) is 1. The van der Waals surface area contributed by atoms with Crippen LogP contribution in [0.5, 0.6) is 0 Å². The Bertz CT molecular complexity index is 354. The lowest BCUT2D eigenvalue weighted by atomic mass is 10.1. The van der Waals surface area contributed by atoms with Crippen LogP contribution in [-0.2, 0) is 9.47 Å². The fraction of sp³-hybridized carbons (Fsp3) is 0.625. The van der Waals surface area contributed by atoms with Gasteiger partial charge in [0, 0.05) is 6.54 Å². The van der Waals surface area contributed by atoms with E-state index in [1.807, 2.05) is 7.05 Å². The Hall–Kier alpha value is -0.900. The minimum Gasteiger partial charge on any atom is -0.373 e. The van der Waals surface area contributed by atoms with Crippen molar-refractivity contribution in [2.24, 2.45) is 0 Å². The molecule has 1 N–H and O–H groups in total. The summed E-state index contributed by atoms with van der Waals surface area (Å²) in [6.45, 7) is 10.3. The van der Waals surface area contributed by atoms with Gasteiger partial charge in [0.1, 0.15) is 0 Å². The zero-order valence-electron chi connectivity index (χ0n) is 12.8. The number of aryl methyl sites for hydroxylation is 1. The summed E-state index contributed by atoms with van der Waals surface area (Å²) < 4.78 is 11.6. The van der Waals surface area contributed by atoms with E-state index in [2.05, 4.69) is 57.3 Å². The molecule has 0 bridgehead atoms. The zero-order valence-corrected chi connectivity index (χ0v) is 12.8. The molecule has 1 atom stereocenters. The van der Waals surface area contributed by atoms with E-state index in [0.29, 0.717) is 13.2 Å². The van der Waals surface area contributed by atoms with Crippen molar-refractivity contribution in [2.75, 3.05) is 26.8 Å². The number of hydrogen-bond acceptors (Lipinski definition) is 3. The number of benzene rings is 1. The molecular weight excluding hydrogens is 238 g/mol. The van der Waals surface area contributed by atoms with Gasteiger partial charge in [-0.25, -0.2) is 0 Å². The molecule has 19 heavy (non-hydrogen) atoms. The molecule has 108 valence electrons. The molecule has 0 spiro atoms. The molecule has 0 fully saturated rings. The SMILES string of the molecule is CNCC(OCCOC(C)(C)C)c1ccc(C)cc1. The lowest BCUT2D eigenvalue weighted by molar-refractivity contribution is -0.0516. The van der Waals surface area contributed by atoms with E-state index < -0.39 is 0 Å². The molecule has 1 unspecified atom stereocenters. The molecule has 0 saturated heterocycles. The number of hydrogen-bond donors (Lipinski definition) is 1. The Morgan fingerprint density at radius 1 is 1.11 bits per heavy atom. The van der Waals surface area contributed by atoms with Crippen LogP contribution in [0, 0.1) is 6.92 Å². The maximum absolute atomic E-state index is 5.92. The molecule has 0 amide bonds. The summed E-state index contributed by atoms with van der Waals surface area (Å²) in [6.07, 6.45) is 0.0779. The van der Waals surface area contributed by atoms with Crippen molar-refractivity contribution in [2.45, 2.75) is 39.4 Å². The van der Waals surface area contributed by atoms with E-state index in [-0.39, 0.29) is 11.7 Å². The van der Waals surface area contributed by atoms with Gasteiger partial charge < -0.3 is 14.8 Å². The third-order valence-corrected chi connectivity index (χ3v) is 2.78. The van der Waals surface area contributed by atoms with Crippen molar-refractivity contribution < 1.29 is 9.47 Å². The molecule has 0 aromatic heterocycles. The Morgan fingerprint density at radius 2 is 1.74 bits per heavy atom. The first-order valence-corrected chi connectivity index (χ1v) is 6.89. The van der Waals surface area contributed by atoms with Gasteiger partial charge in [0.15, 0.2) is 0 Å². The normalized spacial score (nSPS) is 13.5. The predicted molar refractivity (Wildman–Crippen MR) is 79.5 cm³/mol. The van der Waals surface area contributed by atoms with Gasteiger partial charge in [-0.15, -0.1) is 0 Å². The monoisotopic (exact) mass is 265 g/mol. The van der Waals surface area contributed by atoms with Gasteiger partial charge in [-0.1, -0.05) is 29.8 Å². The lowest BCUT2D eigenvalue weighted by Gasteiger charge is -2.22. The highest BCUT2D eigenvalue weighted by molar-refractivity contribution is 5.23. The van der Waals surface area contributed by atoms with Crippen LogP contribution in [0.3, 0.4) is 0 Å². The first-order valence-electron chi connectivity index (χ1n) is 6.89. The number of nitrogens with one attached hydrogen (secondary N) is 1. The van der Waals surface area contributed by atoms with Crippen molar-refractivity contribution in [3.8, 4) is 0 Å². The first-order chi connectivity index (χ1) is 8.92. The number of rotatable bonds is 7. The molecule has 3 nitrogen and oxygen atoms in total. The van der Waals surface area contributed by atoms with Crippen molar-refractivity contribution >= 4 is 0 Å². The first kappa shape index (κ1) is 16.2. The molecular formula is C16H27NO2. The molecule has 3 heteroatoms. The molecule has 0 radical (unpaired) electrons. The zero-order chi connectivity index (χ0) is 14.3. The lowest BCUT2D eigenvalue weighted by Crippen LogP contribution is -2.25. The summed E-state index contributed by atoms with van der Waals surface area (Å²) in [4.78, 5) is 0. The minimum absolute atomic E-state index is 0.0779. The standard InChI is InChI=1S/C16H27NO2/c1-13-6-8-14(9-7-13)15(12-17-5)18-10-11-19-16(2,3)4/h6-9,15,17H,10-12H2,1-5H3. The van der Waals surface area contributed by atoms with Crippen LogP contribution in [0.2, 0.25) is 0 Å².